The summed E-state index contributed by atoms with van der Waals surface area (Å²) in [5, 5.41) is 2.81. The van der Waals surface area contributed by atoms with Gasteiger partial charge in [-0.25, -0.2) is 0 Å². The highest BCUT2D eigenvalue weighted by molar-refractivity contribution is 5.95. The van der Waals surface area contributed by atoms with Crippen molar-refractivity contribution in [3.05, 3.63) is 59.7 Å². The fourth-order valence-electron chi connectivity index (χ4n) is 3.32. The zero-order valence-corrected chi connectivity index (χ0v) is 16.6. The van der Waals surface area contributed by atoms with Crippen molar-refractivity contribution in [3.8, 4) is 0 Å². The molecule has 1 aliphatic rings. The van der Waals surface area contributed by atoms with Crippen molar-refractivity contribution < 1.29 is 14.3 Å². The van der Waals surface area contributed by atoms with Crippen LogP contribution in [0.5, 0.6) is 0 Å². The maximum atomic E-state index is 12.3. The van der Waals surface area contributed by atoms with Gasteiger partial charge >= 0.3 is 5.97 Å². The molecule has 1 aliphatic heterocycles. The van der Waals surface area contributed by atoms with Crippen molar-refractivity contribution >= 4 is 23.3 Å². The van der Waals surface area contributed by atoms with E-state index in [0.717, 1.165) is 24.2 Å². The minimum Gasteiger partial charge on any atom is -0.452 e. The molecule has 0 bridgehead atoms. The Bertz CT molecular complexity index is 794. The van der Waals surface area contributed by atoms with E-state index in [4.69, 9.17) is 4.74 Å². The normalized spacial score (nSPS) is 15.0. The molecule has 5 nitrogen and oxygen atoms in total. The quantitative estimate of drug-likeness (QED) is 0.767. The monoisotopic (exact) mass is 380 g/mol. The number of rotatable bonds is 6. The zero-order chi connectivity index (χ0) is 19.9. The van der Waals surface area contributed by atoms with Crippen molar-refractivity contribution in [2.75, 3.05) is 23.3 Å². The second-order valence-corrected chi connectivity index (χ2v) is 7.38. The average molecular weight is 380 g/mol. The van der Waals surface area contributed by atoms with E-state index in [-0.39, 0.29) is 12.3 Å². The number of ether oxygens (including phenoxy) is 1. The van der Waals surface area contributed by atoms with Gasteiger partial charge in [0, 0.05) is 24.5 Å². The first kappa shape index (κ1) is 19.9. The maximum absolute atomic E-state index is 12.3. The van der Waals surface area contributed by atoms with E-state index in [1.807, 2.05) is 55.5 Å². The summed E-state index contributed by atoms with van der Waals surface area (Å²) in [6, 6.07) is 15.5. The van der Waals surface area contributed by atoms with Gasteiger partial charge in [-0.1, -0.05) is 29.8 Å². The van der Waals surface area contributed by atoms with Crippen LogP contribution >= 0.6 is 0 Å². The molecule has 0 radical (unpaired) electrons. The van der Waals surface area contributed by atoms with Crippen LogP contribution in [-0.2, 0) is 20.7 Å². The number of benzene rings is 2. The summed E-state index contributed by atoms with van der Waals surface area (Å²) in [5.41, 5.74) is 3.88. The molecule has 148 valence electrons. The number of nitrogens with one attached hydrogen (secondary N) is 1. The fourth-order valence-corrected chi connectivity index (χ4v) is 3.32. The van der Waals surface area contributed by atoms with Crippen LogP contribution in [0.25, 0.3) is 0 Å². The number of hydrogen-bond donors (Lipinski definition) is 1. The third kappa shape index (κ3) is 5.59. The van der Waals surface area contributed by atoms with Gasteiger partial charge in [-0.15, -0.1) is 0 Å². The Labute approximate surface area is 166 Å². The smallest absolute Gasteiger partial charge is 0.311 e. The molecule has 5 heteroatoms. The predicted octanol–water partition coefficient (Wildman–Crippen LogP) is 4.10. The second kappa shape index (κ2) is 9.40. The summed E-state index contributed by atoms with van der Waals surface area (Å²) in [5.74, 6) is -0.741. The van der Waals surface area contributed by atoms with Gasteiger partial charge in [0.2, 0.25) is 0 Å². The standard InChI is InChI=1S/C23H28N2O3/c1-17-6-8-19(9-7-17)16-22(26)28-18(2)23(27)24-20-10-12-21(13-11-20)25-14-4-3-5-15-25/h6-13,18H,3-5,14-16H2,1-2H3,(H,24,27)/t18-/m1/s1. The van der Waals surface area contributed by atoms with Crippen LogP contribution in [0.4, 0.5) is 11.4 Å². The minimum atomic E-state index is -0.847. The van der Waals surface area contributed by atoms with E-state index < -0.39 is 12.1 Å². The Morgan fingerprint density at radius 1 is 1.00 bits per heavy atom. The van der Waals surface area contributed by atoms with Crippen molar-refractivity contribution in [1.82, 2.24) is 0 Å². The molecule has 1 heterocycles. The van der Waals surface area contributed by atoms with Crippen LogP contribution in [0.15, 0.2) is 48.5 Å². The van der Waals surface area contributed by atoms with Crippen LogP contribution in [-0.4, -0.2) is 31.1 Å². The largest absolute Gasteiger partial charge is 0.452 e. The van der Waals surface area contributed by atoms with Crippen LogP contribution < -0.4 is 10.2 Å². The van der Waals surface area contributed by atoms with E-state index in [2.05, 4.69) is 10.2 Å². The lowest BCUT2D eigenvalue weighted by atomic mass is 10.1. The number of amides is 1. The van der Waals surface area contributed by atoms with Gasteiger partial charge in [-0.3, -0.25) is 9.59 Å². The molecule has 0 spiro atoms. The molecule has 1 amide bonds. The van der Waals surface area contributed by atoms with Gasteiger partial charge in [-0.05, 0) is 62.9 Å². The zero-order valence-electron chi connectivity index (χ0n) is 16.6. The summed E-state index contributed by atoms with van der Waals surface area (Å²) in [6.07, 6.45) is 3.06. The van der Waals surface area contributed by atoms with Crippen molar-refractivity contribution in [2.45, 2.75) is 45.6 Å². The molecule has 1 atom stereocenters. The number of esters is 1. The number of hydrogen-bond acceptors (Lipinski definition) is 4. The maximum Gasteiger partial charge on any atom is 0.311 e. The number of carbonyl (C=O) groups excluding carboxylic acids is 2. The van der Waals surface area contributed by atoms with Crippen LogP contribution in [0, 0.1) is 6.92 Å². The molecule has 2 aromatic carbocycles. The van der Waals surface area contributed by atoms with Gasteiger partial charge in [0.15, 0.2) is 6.10 Å². The van der Waals surface area contributed by atoms with Gasteiger partial charge < -0.3 is 15.0 Å². The van der Waals surface area contributed by atoms with Crippen LogP contribution in [0.3, 0.4) is 0 Å². The number of aryl methyl sites for hydroxylation is 1. The Kier molecular flexibility index (Phi) is 6.69. The topological polar surface area (TPSA) is 58.6 Å². The highest BCUT2D eigenvalue weighted by Gasteiger charge is 2.18. The number of carbonyl (C=O) groups is 2. The van der Waals surface area contributed by atoms with E-state index in [9.17, 15) is 9.59 Å². The molecule has 1 fully saturated rings. The molecule has 0 aliphatic carbocycles. The number of piperidine rings is 1. The summed E-state index contributed by atoms with van der Waals surface area (Å²) in [4.78, 5) is 26.8. The van der Waals surface area contributed by atoms with Crippen LogP contribution in [0.2, 0.25) is 0 Å². The molecule has 3 rings (SSSR count). The molecule has 0 saturated carbocycles. The summed E-state index contributed by atoms with van der Waals surface area (Å²) >= 11 is 0. The van der Waals surface area contributed by atoms with Crippen molar-refractivity contribution in [2.24, 2.45) is 0 Å². The Hall–Kier alpha value is -2.82. The van der Waals surface area contributed by atoms with E-state index in [1.165, 1.54) is 24.9 Å². The first-order chi connectivity index (χ1) is 13.5. The molecule has 28 heavy (non-hydrogen) atoms. The number of nitrogens with zero attached hydrogens (tertiary/aromatic N) is 1. The third-order valence-electron chi connectivity index (χ3n) is 5.00. The molecular weight excluding hydrogens is 352 g/mol. The summed E-state index contributed by atoms with van der Waals surface area (Å²) < 4.78 is 5.28. The third-order valence-corrected chi connectivity index (χ3v) is 5.00. The second-order valence-electron chi connectivity index (χ2n) is 7.38. The first-order valence-electron chi connectivity index (χ1n) is 9.92. The Morgan fingerprint density at radius 2 is 1.64 bits per heavy atom. The first-order valence-corrected chi connectivity index (χ1v) is 9.92. The van der Waals surface area contributed by atoms with Crippen molar-refractivity contribution in [3.63, 3.8) is 0 Å². The summed E-state index contributed by atoms with van der Waals surface area (Å²) in [6.45, 7) is 5.75. The SMILES string of the molecule is Cc1ccc(CC(=O)O[C@H](C)C(=O)Nc2ccc(N3CCCCC3)cc2)cc1. The molecule has 0 unspecified atom stereocenters. The van der Waals surface area contributed by atoms with E-state index >= 15 is 0 Å². The molecule has 0 aromatic heterocycles. The van der Waals surface area contributed by atoms with E-state index in [0.29, 0.717) is 5.69 Å². The lowest BCUT2D eigenvalue weighted by Crippen LogP contribution is -2.30. The lowest BCUT2D eigenvalue weighted by Gasteiger charge is -2.28. The molecule has 1 N–H and O–H groups in total. The highest BCUT2D eigenvalue weighted by atomic mass is 16.5. The van der Waals surface area contributed by atoms with E-state index in [1.54, 1.807) is 6.92 Å². The van der Waals surface area contributed by atoms with Crippen molar-refractivity contribution in [1.29, 1.82) is 0 Å². The highest BCUT2D eigenvalue weighted by Crippen LogP contribution is 2.22. The molecular formula is C23H28N2O3. The van der Waals surface area contributed by atoms with Gasteiger partial charge in [0.25, 0.3) is 5.91 Å². The average Bonchev–Trinajstić information content (AvgIpc) is 2.71. The summed E-state index contributed by atoms with van der Waals surface area (Å²) in [7, 11) is 0. The fraction of sp³-hybridized carbons (Fsp3) is 0.391. The Morgan fingerprint density at radius 3 is 2.29 bits per heavy atom. The lowest BCUT2D eigenvalue weighted by molar-refractivity contribution is -0.152. The number of anilines is 2. The predicted molar refractivity (Wildman–Crippen MR) is 112 cm³/mol. The van der Waals surface area contributed by atoms with Gasteiger partial charge in [0.05, 0.1) is 6.42 Å². The Balaban J connectivity index is 1.49. The molecule has 1 saturated heterocycles. The van der Waals surface area contributed by atoms with Gasteiger partial charge in [0.1, 0.15) is 0 Å². The van der Waals surface area contributed by atoms with Gasteiger partial charge in [-0.2, -0.15) is 0 Å². The molecule has 2 aromatic rings. The minimum absolute atomic E-state index is 0.155. The van der Waals surface area contributed by atoms with Crippen LogP contribution in [0.1, 0.15) is 37.3 Å².